The molecule has 1 atom stereocenters. The largest absolute Gasteiger partial charge is 0.350 e. The molecular weight excluding hydrogens is 282 g/mol. The number of carbonyl (C=O) groups excluding carboxylic acids is 1. The summed E-state index contributed by atoms with van der Waals surface area (Å²) in [6, 6.07) is 8.01. The number of para-hydroxylation sites is 1. The average molecular weight is 305 g/mol. The Hall–Kier alpha value is -1.46. The zero-order valence-electron chi connectivity index (χ0n) is 12.6. The summed E-state index contributed by atoms with van der Waals surface area (Å²) in [7, 11) is 0. The molecule has 0 aliphatic heterocycles. The quantitative estimate of drug-likeness (QED) is 0.826. The van der Waals surface area contributed by atoms with Crippen LogP contribution in [0.4, 0.5) is 0 Å². The molecule has 2 aromatic rings. The zero-order valence-corrected chi connectivity index (χ0v) is 13.5. The van der Waals surface area contributed by atoms with Gasteiger partial charge in [0.15, 0.2) is 0 Å². The maximum absolute atomic E-state index is 12.0. The van der Waals surface area contributed by atoms with Crippen LogP contribution in [0.15, 0.2) is 24.3 Å². The third-order valence-electron chi connectivity index (χ3n) is 3.39. The summed E-state index contributed by atoms with van der Waals surface area (Å²) in [5.41, 5.74) is 6.73. The number of nitrogens with two attached hydrogens (primary N) is 1. The molecule has 0 aliphatic rings. The first kappa shape index (κ1) is 15.9. The third kappa shape index (κ3) is 4.79. The SMILES string of the molecule is CC(C)C[C@H](CN)CC(=O)NCc1nc2ccccc2s1. The van der Waals surface area contributed by atoms with Crippen molar-refractivity contribution in [3.63, 3.8) is 0 Å². The lowest BCUT2D eigenvalue weighted by Crippen LogP contribution is -2.28. The van der Waals surface area contributed by atoms with Crippen LogP contribution in [-0.4, -0.2) is 17.4 Å². The van der Waals surface area contributed by atoms with Crippen LogP contribution in [0, 0.1) is 11.8 Å². The Bertz CT molecular complexity index is 561. The molecule has 1 aromatic carbocycles. The predicted molar refractivity (Wildman–Crippen MR) is 88.1 cm³/mol. The predicted octanol–water partition coefficient (Wildman–Crippen LogP) is 2.92. The molecule has 0 saturated carbocycles. The van der Waals surface area contributed by atoms with E-state index in [1.54, 1.807) is 11.3 Å². The highest BCUT2D eigenvalue weighted by molar-refractivity contribution is 7.18. The summed E-state index contributed by atoms with van der Waals surface area (Å²) in [4.78, 5) is 16.5. The van der Waals surface area contributed by atoms with Gasteiger partial charge in [0.25, 0.3) is 0 Å². The molecule has 2 rings (SSSR count). The number of nitrogens with zero attached hydrogens (tertiary/aromatic N) is 1. The van der Waals surface area contributed by atoms with Gasteiger partial charge in [-0.1, -0.05) is 26.0 Å². The fourth-order valence-corrected chi connectivity index (χ4v) is 3.34. The Kier molecular flexibility index (Phi) is 5.70. The van der Waals surface area contributed by atoms with Crippen molar-refractivity contribution in [1.82, 2.24) is 10.3 Å². The minimum atomic E-state index is 0.0605. The lowest BCUT2D eigenvalue weighted by atomic mass is 9.94. The fraction of sp³-hybridized carbons (Fsp3) is 0.500. The second kappa shape index (κ2) is 7.52. The maximum Gasteiger partial charge on any atom is 0.220 e. The number of nitrogens with one attached hydrogen (secondary N) is 1. The summed E-state index contributed by atoms with van der Waals surface area (Å²) in [6.07, 6.45) is 1.49. The highest BCUT2D eigenvalue weighted by atomic mass is 32.1. The highest BCUT2D eigenvalue weighted by Gasteiger charge is 2.14. The van der Waals surface area contributed by atoms with Crippen LogP contribution in [0.2, 0.25) is 0 Å². The number of hydrogen-bond acceptors (Lipinski definition) is 4. The normalized spacial score (nSPS) is 12.8. The van der Waals surface area contributed by atoms with Crippen LogP contribution in [0.3, 0.4) is 0 Å². The number of benzene rings is 1. The number of hydrogen-bond donors (Lipinski definition) is 2. The molecule has 21 heavy (non-hydrogen) atoms. The third-order valence-corrected chi connectivity index (χ3v) is 4.42. The van der Waals surface area contributed by atoms with Gasteiger partial charge in [0, 0.05) is 6.42 Å². The van der Waals surface area contributed by atoms with Crippen molar-refractivity contribution in [2.24, 2.45) is 17.6 Å². The Morgan fingerprint density at radius 2 is 2.14 bits per heavy atom. The van der Waals surface area contributed by atoms with E-state index in [0.717, 1.165) is 21.6 Å². The van der Waals surface area contributed by atoms with Crippen molar-refractivity contribution in [3.05, 3.63) is 29.3 Å². The number of thiazole rings is 1. The second-order valence-corrected chi connectivity index (χ2v) is 6.90. The number of aromatic nitrogens is 1. The lowest BCUT2D eigenvalue weighted by Gasteiger charge is -2.16. The van der Waals surface area contributed by atoms with Crippen LogP contribution in [-0.2, 0) is 11.3 Å². The van der Waals surface area contributed by atoms with Crippen molar-refractivity contribution < 1.29 is 4.79 Å². The van der Waals surface area contributed by atoms with Crippen molar-refractivity contribution in [2.45, 2.75) is 33.2 Å². The van der Waals surface area contributed by atoms with Gasteiger partial charge in [0.05, 0.1) is 16.8 Å². The molecular formula is C16H23N3OS. The summed E-state index contributed by atoms with van der Waals surface area (Å²) in [5.74, 6) is 0.890. The van der Waals surface area contributed by atoms with Crippen LogP contribution in [0.1, 0.15) is 31.7 Å². The van der Waals surface area contributed by atoms with E-state index < -0.39 is 0 Å². The second-order valence-electron chi connectivity index (χ2n) is 5.79. The Labute approximate surface area is 129 Å². The van der Waals surface area contributed by atoms with Crippen molar-refractivity contribution in [3.8, 4) is 0 Å². The number of fused-ring (bicyclic) bond motifs is 1. The molecule has 0 spiro atoms. The molecule has 0 aliphatic carbocycles. The molecule has 0 fully saturated rings. The first-order valence-electron chi connectivity index (χ1n) is 7.39. The van der Waals surface area contributed by atoms with E-state index in [4.69, 9.17) is 5.73 Å². The summed E-state index contributed by atoms with van der Waals surface area (Å²) < 4.78 is 1.15. The molecule has 3 N–H and O–H groups in total. The first-order chi connectivity index (χ1) is 10.1. The smallest absolute Gasteiger partial charge is 0.220 e. The summed E-state index contributed by atoms with van der Waals surface area (Å²) >= 11 is 1.62. The molecule has 114 valence electrons. The van der Waals surface area contributed by atoms with E-state index in [1.807, 2.05) is 24.3 Å². The monoisotopic (exact) mass is 305 g/mol. The maximum atomic E-state index is 12.0. The van der Waals surface area contributed by atoms with Crippen molar-refractivity contribution in [2.75, 3.05) is 6.54 Å². The van der Waals surface area contributed by atoms with Crippen LogP contribution in [0.5, 0.6) is 0 Å². The van der Waals surface area contributed by atoms with Gasteiger partial charge in [-0.15, -0.1) is 11.3 Å². The molecule has 1 heterocycles. The molecule has 0 radical (unpaired) electrons. The highest BCUT2D eigenvalue weighted by Crippen LogP contribution is 2.21. The van der Waals surface area contributed by atoms with Gasteiger partial charge in [0.2, 0.25) is 5.91 Å². The Morgan fingerprint density at radius 3 is 2.81 bits per heavy atom. The Morgan fingerprint density at radius 1 is 1.38 bits per heavy atom. The van der Waals surface area contributed by atoms with Crippen LogP contribution in [0.25, 0.3) is 10.2 Å². The van der Waals surface area contributed by atoms with E-state index in [-0.39, 0.29) is 11.8 Å². The van der Waals surface area contributed by atoms with E-state index in [1.165, 1.54) is 0 Å². The summed E-state index contributed by atoms with van der Waals surface area (Å²) in [5, 5.41) is 3.89. The van der Waals surface area contributed by atoms with Crippen LogP contribution >= 0.6 is 11.3 Å². The zero-order chi connectivity index (χ0) is 15.2. The average Bonchev–Trinajstić information content (AvgIpc) is 2.86. The van der Waals surface area contributed by atoms with E-state index in [2.05, 4.69) is 24.1 Å². The number of rotatable bonds is 7. The molecule has 0 saturated heterocycles. The van der Waals surface area contributed by atoms with Gasteiger partial charge in [-0.05, 0) is 36.9 Å². The van der Waals surface area contributed by atoms with Gasteiger partial charge < -0.3 is 11.1 Å². The molecule has 0 unspecified atom stereocenters. The lowest BCUT2D eigenvalue weighted by molar-refractivity contribution is -0.122. The molecule has 4 nitrogen and oxygen atoms in total. The minimum absolute atomic E-state index is 0.0605. The van der Waals surface area contributed by atoms with Gasteiger partial charge in [-0.3, -0.25) is 4.79 Å². The van der Waals surface area contributed by atoms with Gasteiger partial charge in [-0.25, -0.2) is 4.98 Å². The number of carbonyl (C=O) groups is 1. The van der Waals surface area contributed by atoms with E-state index in [0.29, 0.717) is 25.4 Å². The topological polar surface area (TPSA) is 68.0 Å². The van der Waals surface area contributed by atoms with Crippen molar-refractivity contribution in [1.29, 1.82) is 0 Å². The van der Waals surface area contributed by atoms with E-state index in [9.17, 15) is 4.79 Å². The molecule has 1 amide bonds. The number of amides is 1. The van der Waals surface area contributed by atoms with Gasteiger partial charge >= 0.3 is 0 Å². The minimum Gasteiger partial charge on any atom is -0.350 e. The van der Waals surface area contributed by atoms with E-state index >= 15 is 0 Å². The standard InChI is InChI=1S/C16H23N3OS/c1-11(2)7-12(9-17)8-15(20)18-10-16-19-13-5-3-4-6-14(13)21-16/h3-6,11-12H,7-10,17H2,1-2H3,(H,18,20)/t12-/m0/s1. The van der Waals surface area contributed by atoms with Gasteiger partial charge in [0.1, 0.15) is 5.01 Å². The fourth-order valence-electron chi connectivity index (χ4n) is 2.43. The molecule has 1 aromatic heterocycles. The van der Waals surface area contributed by atoms with Crippen molar-refractivity contribution >= 4 is 27.5 Å². The Balaban J connectivity index is 1.85. The molecule has 5 heteroatoms. The molecule has 0 bridgehead atoms. The van der Waals surface area contributed by atoms with Gasteiger partial charge in [-0.2, -0.15) is 0 Å². The summed E-state index contributed by atoms with van der Waals surface area (Å²) in [6.45, 7) is 5.37. The first-order valence-corrected chi connectivity index (χ1v) is 8.21. The van der Waals surface area contributed by atoms with Crippen LogP contribution < -0.4 is 11.1 Å².